The number of carbonyl (C=O) groups is 2. The molecule has 0 aliphatic heterocycles. The average Bonchev–Trinajstić information content (AvgIpc) is 2.70. The molecule has 150 valence electrons. The van der Waals surface area contributed by atoms with Gasteiger partial charge in [0.15, 0.2) is 24.0 Å². The van der Waals surface area contributed by atoms with E-state index in [4.69, 9.17) is 9.47 Å². The summed E-state index contributed by atoms with van der Waals surface area (Å²) in [5.41, 5.74) is -0.0663. The Labute approximate surface area is 161 Å². The van der Waals surface area contributed by atoms with Gasteiger partial charge >= 0.3 is 5.97 Å². The van der Waals surface area contributed by atoms with Crippen LogP contribution in [0.4, 0.5) is 4.39 Å². The number of halogens is 1. The monoisotopic (exact) mass is 411 g/mol. The number of rotatable bonds is 8. The van der Waals surface area contributed by atoms with Crippen LogP contribution in [-0.4, -0.2) is 52.5 Å². The zero-order valence-electron chi connectivity index (χ0n) is 15.3. The first-order valence-corrected chi connectivity index (χ1v) is 9.31. The summed E-state index contributed by atoms with van der Waals surface area (Å²) in [6, 6.07) is 8.68. The van der Waals surface area contributed by atoms with Gasteiger partial charge in [-0.25, -0.2) is 17.6 Å². The Bertz CT molecular complexity index is 991. The van der Waals surface area contributed by atoms with E-state index in [0.717, 1.165) is 12.1 Å². The number of hydrogen-bond acceptors (Lipinski definition) is 7. The van der Waals surface area contributed by atoms with Crippen molar-refractivity contribution in [1.29, 1.82) is 0 Å². The van der Waals surface area contributed by atoms with Gasteiger partial charge in [-0.3, -0.25) is 9.63 Å². The molecule has 2 aromatic rings. The second-order valence-electron chi connectivity index (χ2n) is 5.47. The first-order chi connectivity index (χ1) is 13.2. The molecule has 2 aromatic carbocycles. The number of methoxy groups -OCH3 is 1. The molecule has 28 heavy (non-hydrogen) atoms. The van der Waals surface area contributed by atoms with Crippen LogP contribution in [0.1, 0.15) is 20.7 Å². The summed E-state index contributed by atoms with van der Waals surface area (Å²) < 4.78 is 48.4. The molecular weight excluding hydrogens is 393 g/mol. The lowest BCUT2D eigenvalue weighted by Crippen LogP contribution is -2.26. The molecule has 0 heterocycles. The zero-order valence-corrected chi connectivity index (χ0v) is 16.2. The van der Waals surface area contributed by atoms with Gasteiger partial charge in [0, 0.05) is 12.6 Å². The van der Waals surface area contributed by atoms with E-state index in [2.05, 4.69) is 4.84 Å². The molecule has 10 heteroatoms. The summed E-state index contributed by atoms with van der Waals surface area (Å²) in [6.07, 6.45) is 0. The highest BCUT2D eigenvalue weighted by molar-refractivity contribution is 7.89. The molecule has 2 rings (SSSR count). The third kappa shape index (κ3) is 4.71. The molecule has 0 radical (unpaired) electrons. The number of Topliss-reactive ketones (excluding diaryl/α,β-unsaturated/α-hetero) is 1. The molecule has 8 nitrogen and oxygen atoms in total. The fourth-order valence-electron chi connectivity index (χ4n) is 2.17. The Balaban J connectivity index is 2.10. The van der Waals surface area contributed by atoms with E-state index in [1.165, 1.54) is 51.6 Å². The highest BCUT2D eigenvalue weighted by Crippen LogP contribution is 2.19. The van der Waals surface area contributed by atoms with Crippen molar-refractivity contribution in [3.05, 3.63) is 59.4 Å². The van der Waals surface area contributed by atoms with Gasteiger partial charge in [0.25, 0.3) is 10.0 Å². The van der Waals surface area contributed by atoms with Gasteiger partial charge in [-0.05, 0) is 36.4 Å². The van der Waals surface area contributed by atoms with Crippen molar-refractivity contribution in [2.24, 2.45) is 0 Å². The molecule has 0 amide bonds. The lowest BCUT2D eigenvalue weighted by molar-refractivity contribution is -0.0258. The van der Waals surface area contributed by atoms with Crippen LogP contribution >= 0.6 is 0 Å². The Kier molecular flexibility index (Phi) is 6.84. The molecule has 0 bridgehead atoms. The number of ketones is 1. The third-order valence-electron chi connectivity index (χ3n) is 3.77. The Morgan fingerprint density at radius 1 is 1.07 bits per heavy atom. The second kappa shape index (κ2) is 8.91. The van der Waals surface area contributed by atoms with Crippen molar-refractivity contribution in [2.75, 3.05) is 27.9 Å². The number of esters is 1. The van der Waals surface area contributed by atoms with Crippen molar-refractivity contribution in [1.82, 2.24) is 4.47 Å². The van der Waals surface area contributed by atoms with E-state index < -0.39 is 34.2 Å². The highest BCUT2D eigenvalue weighted by Gasteiger charge is 2.22. The maximum atomic E-state index is 13.7. The fourth-order valence-corrected chi connectivity index (χ4v) is 3.19. The maximum Gasteiger partial charge on any atom is 0.338 e. The molecule has 0 atom stereocenters. The lowest BCUT2D eigenvalue weighted by atomic mass is 10.1. The van der Waals surface area contributed by atoms with Crippen LogP contribution in [-0.2, 0) is 19.6 Å². The van der Waals surface area contributed by atoms with Gasteiger partial charge in [-0.1, -0.05) is 10.5 Å². The Hall–Kier alpha value is -2.82. The van der Waals surface area contributed by atoms with Crippen molar-refractivity contribution in [2.45, 2.75) is 4.90 Å². The van der Waals surface area contributed by atoms with Crippen molar-refractivity contribution >= 4 is 21.8 Å². The van der Waals surface area contributed by atoms with E-state index in [0.29, 0.717) is 4.47 Å². The average molecular weight is 411 g/mol. The molecule has 0 aromatic heterocycles. The zero-order chi connectivity index (χ0) is 20.9. The number of sulfonamides is 1. The van der Waals surface area contributed by atoms with Gasteiger partial charge in [0.2, 0.25) is 0 Å². The molecule has 0 fully saturated rings. The molecular formula is C18H18FNO7S. The Morgan fingerprint density at radius 2 is 1.79 bits per heavy atom. The number of benzene rings is 2. The predicted octanol–water partition coefficient (Wildman–Crippen LogP) is 2.06. The molecule has 0 aliphatic rings. The van der Waals surface area contributed by atoms with Gasteiger partial charge in [-0.15, -0.1) is 0 Å². The number of hydrogen-bond donors (Lipinski definition) is 0. The van der Waals surface area contributed by atoms with Gasteiger partial charge in [0.05, 0.1) is 24.7 Å². The first-order valence-electron chi connectivity index (χ1n) is 7.87. The minimum atomic E-state index is -3.95. The summed E-state index contributed by atoms with van der Waals surface area (Å²) in [6.45, 7) is -0.639. The quantitative estimate of drug-likeness (QED) is 0.372. The summed E-state index contributed by atoms with van der Waals surface area (Å²) >= 11 is 0. The van der Waals surface area contributed by atoms with E-state index in [1.54, 1.807) is 0 Å². The predicted molar refractivity (Wildman–Crippen MR) is 96.0 cm³/mol. The number of ether oxygens (including phenoxy) is 2. The van der Waals surface area contributed by atoms with Crippen LogP contribution < -0.4 is 4.74 Å². The fraction of sp³-hybridized carbons (Fsp3) is 0.222. The van der Waals surface area contributed by atoms with Crippen LogP contribution in [0.5, 0.6) is 5.75 Å². The molecule has 0 unspecified atom stereocenters. The van der Waals surface area contributed by atoms with Crippen LogP contribution in [0.15, 0.2) is 47.4 Å². The minimum Gasteiger partial charge on any atom is -0.494 e. The van der Waals surface area contributed by atoms with Crippen molar-refractivity contribution < 1.29 is 36.7 Å². The SMILES string of the molecule is COc1ccc(C(=O)COC(=O)c2cccc(S(=O)(=O)N(C)OC)c2)cc1F. The topological polar surface area (TPSA) is 99.2 Å². The number of nitrogens with zero attached hydrogens (tertiary/aromatic N) is 1. The standard InChI is InChI=1S/C18H18FNO7S/c1-20(26-3)28(23,24)14-6-4-5-13(9-14)18(22)27-11-16(21)12-7-8-17(25-2)15(19)10-12/h4-10H,11H2,1-3H3. The van der Waals surface area contributed by atoms with Gasteiger partial charge in [0.1, 0.15) is 0 Å². The number of hydroxylamine groups is 1. The molecule has 0 saturated heterocycles. The van der Waals surface area contributed by atoms with Crippen LogP contribution in [0.3, 0.4) is 0 Å². The summed E-state index contributed by atoms with van der Waals surface area (Å²) in [7, 11) is -0.271. The largest absolute Gasteiger partial charge is 0.494 e. The van der Waals surface area contributed by atoms with E-state index in [-0.39, 0.29) is 21.8 Å². The van der Waals surface area contributed by atoms with Gasteiger partial charge < -0.3 is 9.47 Å². The second-order valence-corrected chi connectivity index (χ2v) is 7.41. The summed E-state index contributed by atoms with van der Waals surface area (Å²) in [5.74, 6) is -2.27. The molecule has 0 aliphatic carbocycles. The van der Waals surface area contributed by atoms with E-state index >= 15 is 0 Å². The normalized spacial score (nSPS) is 11.3. The minimum absolute atomic E-state index is 0.00384. The molecule has 0 saturated carbocycles. The smallest absolute Gasteiger partial charge is 0.338 e. The van der Waals surface area contributed by atoms with Crippen LogP contribution in [0.25, 0.3) is 0 Å². The lowest BCUT2D eigenvalue weighted by Gasteiger charge is -2.14. The van der Waals surface area contributed by atoms with E-state index in [9.17, 15) is 22.4 Å². The van der Waals surface area contributed by atoms with Gasteiger partial charge in [-0.2, -0.15) is 0 Å². The summed E-state index contributed by atoms with van der Waals surface area (Å²) in [4.78, 5) is 28.7. The van der Waals surface area contributed by atoms with Crippen LogP contribution in [0.2, 0.25) is 0 Å². The first kappa shape index (κ1) is 21.5. The Morgan fingerprint density at radius 3 is 2.39 bits per heavy atom. The maximum absolute atomic E-state index is 13.7. The highest BCUT2D eigenvalue weighted by atomic mass is 32.2. The van der Waals surface area contributed by atoms with E-state index in [1.807, 2.05) is 0 Å². The van der Waals surface area contributed by atoms with Crippen molar-refractivity contribution in [3.8, 4) is 5.75 Å². The molecule has 0 spiro atoms. The third-order valence-corrected chi connectivity index (χ3v) is 5.45. The van der Waals surface area contributed by atoms with Crippen LogP contribution in [0, 0.1) is 5.82 Å². The number of carbonyl (C=O) groups excluding carboxylic acids is 2. The van der Waals surface area contributed by atoms with Crippen molar-refractivity contribution in [3.63, 3.8) is 0 Å². The summed E-state index contributed by atoms with van der Waals surface area (Å²) in [5, 5.41) is 0. The molecule has 0 N–H and O–H groups in total.